The average Bonchev–Trinajstić information content (AvgIpc) is 2.83. The van der Waals surface area contributed by atoms with Crippen molar-refractivity contribution in [1.82, 2.24) is 4.90 Å². The zero-order valence-corrected chi connectivity index (χ0v) is 23.7. The van der Waals surface area contributed by atoms with Crippen molar-refractivity contribution in [2.45, 2.75) is 181 Å². The molecule has 0 saturated heterocycles. The summed E-state index contributed by atoms with van der Waals surface area (Å²) in [7, 11) is 0. The van der Waals surface area contributed by atoms with E-state index in [9.17, 15) is 0 Å². The van der Waals surface area contributed by atoms with Crippen LogP contribution in [0.15, 0.2) is 12.3 Å². The SMILES string of the molecule is C=C(CC)N(CCCCCCCCCCCCCC)CCCCCCCCCCCCCC. The number of allylic oxidation sites excluding steroid dienone is 1. The predicted octanol–water partition coefficient (Wildman–Crippen LogP) is 11.6. The van der Waals surface area contributed by atoms with Gasteiger partial charge < -0.3 is 4.90 Å². The molecule has 1 heteroatoms. The van der Waals surface area contributed by atoms with Gasteiger partial charge in [-0.3, -0.25) is 0 Å². The van der Waals surface area contributed by atoms with Crippen molar-refractivity contribution in [3.63, 3.8) is 0 Å². The Morgan fingerprint density at radius 3 is 0.879 bits per heavy atom. The fraction of sp³-hybridized carbons (Fsp3) is 0.938. The second kappa shape index (κ2) is 27.8. The zero-order valence-electron chi connectivity index (χ0n) is 23.7. The highest BCUT2D eigenvalue weighted by atomic mass is 15.1. The second-order valence-electron chi connectivity index (χ2n) is 10.7. The van der Waals surface area contributed by atoms with Crippen LogP contribution in [0.2, 0.25) is 0 Å². The Hall–Kier alpha value is -0.460. The van der Waals surface area contributed by atoms with Crippen LogP contribution < -0.4 is 0 Å². The standard InChI is InChI=1S/C32H65N/c1-5-8-10-12-14-16-18-20-22-24-26-28-30-33(32(4)7-3)31-29-27-25-23-21-19-17-15-13-11-9-6-2/h4-31H2,1-3H3. The van der Waals surface area contributed by atoms with E-state index in [1.165, 1.54) is 173 Å². The van der Waals surface area contributed by atoms with Gasteiger partial charge in [0.1, 0.15) is 0 Å². The first-order valence-electron chi connectivity index (χ1n) is 15.7. The summed E-state index contributed by atoms with van der Waals surface area (Å²) in [5, 5.41) is 0. The lowest BCUT2D eigenvalue weighted by molar-refractivity contribution is 0.316. The first-order valence-corrected chi connectivity index (χ1v) is 15.7. The number of rotatable bonds is 28. The third-order valence-corrected chi connectivity index (χ3v) is 7.42. The normalized spacial score (nSPS) is 11.2. The first kappa shape index (κ1) is 32.5. The van der Waals surface area contributed by atoms with Gasteiger partial charge in [-0.2, -0.15) is 0 Å². The zero-order chi connectivity index (χ0) is 24.2. The molecule has 0 fully saturated rings. The molecule has 0 spiro atoms. The average molecular weight is 464 g/mol. The maximum Gasteiger partial charge on any atom is 0.0174 e. The minimum absolute atomic E-state index is 1.11. The van der Waals surface area contributed by atoms with Gasteiger partial charge in [0.05, 0.1) is 0 Å². The molecule has 0 aromatic rings. The summed E-state index contributed by atoms with van der Waals surface area (Å²) in [6.07, 6.45) is 35.5. The third kappa shape index (κ3) is 24.5. The Morgan fingerprint density at radius 1 is 0.394 bits per heavy atom. The second-order valence-corrected chi connectivity index (χ2v) is 10.7. The maximum atomic E-state index is 4.35. The summed E-state index contributed by atoms with van der Waals surface area (Å²) in [6.45, 7) is 13.7. The molecule has 0 unspecified atom stereocenters. The van der Waals surface area contributed by atoms with E-state index in [1.54, 1.807) is 0 Å². The molecule has 0 rings (SSSR count). The molecular weight excluding hydrogens is 398 g/mol. The van der Waals surface area contributed by atoms with Crippen LogP contribution in [0.5, 0.6) is 0 Å². The fourth-order valence-corrected chi connectivity index (χ4v) is 4.94. The van der Waals surface area contributed by atoms with Gasteiger partial charge in [-0.15, -0.1) is 0 Å². The molecule has 198 valence electrons. The molecule has 33 heavy (non-hydrogen) atoms. The number of hydrogen-bond donors (Lipinski definition) is 0. The number of nitrogens with zero attached hydrogens (tertiary/aromatic N) is 1. The minimum atomic E-state index is 1.11. The molecule has 0 saturated carbocycles. The first-order chi connectivity index (χ1) is 16.3. The van der Waals surface area contributed by atoms with E-state index < -0.39 is 0 Å². The summed E-state index contributed by atoms with van der Waals surface area (Å²) in [5.41, 5.74) is 1.36. The van der Waals surface area contributed by atoms with Crippen LogP contribution in [-0.4, -0.2) is 18.0 Å². The topological polar surface area (TPSA) is 3.24 Å². The van der Waals surface area contributed by atoms with E-state index in [1.807, 2.05) is 0 Å². The molecule has 0 aliphatic carbocycles. The summed E-state index contributed by atoms with van der Waals surface area (Å²) in [4.78, 5) is 2.60. The summed E-state index contributed by atoms with van der Waals surface area (Å²) in [5.74, 6) is 0. The molecule has 0 N–H and O–H groups in total. The van der Waals surface area contributed by atoms with Crippen molar-refractivity contribution >= 4 is 0 Å². The van der Waals surface area contributed by atoms with Crippen molar-refractivity contribution in [2.24, 2.45) is 0 Å². The molecule has 0 bridgehead atoms. The molecule has 0 aromatic heterocycles. The molecule has 0 aliphatic heterocycles. The van der Waals surface area contributed by atoms with E-state index in [-0.39, 0.29) is 0 Å². The Labute approximate surface area is 211 Å². The van der Waals surface area contributed by atoms with Crippen molar-refractivity contribution in [1.29, 1.82) is 0 Å². The quantitative estimate of drug-likeness (QED) is 0.104. The maximum absolute atomic E-state index is 4.35. The molecule has 0 radical (unpaired) electrons. The van der Waals surface area contributed by atoms with Gasteiger partial charge in [-0.1, -0.05) is 169 Å². The fourth-order valence-electron chi connectivity index (χ4n) is 4.94. The van der Waals surface area contributed by atoms with Gasteiger partial charge in [0.15, 0.2) is 0 Å². The molecular formula is C32H65N. The number of hydrogen-bond acceptors (Lipinski definition) is 1. The lowest BCUT2D eigenvalue weighted by Crippen LogP contribution is -2.24. The lowest BCUT2D eigenvalue weighted by Gasteiger charge is -2.26. The van der Waals surface area contributed by atoms with Crippen LogP contribution in [0.4, 0.5) is 0 Å². The van der Waals surface area contributed by atoms with Crippen LogP contribution in [0.3, 0.4) is 0 Å². The van der Waals surface area contributed by atoms with E-state index in [4.69, 9.17) is 0 Å². The number of unbranched alkanes of at least 4 members (excludes halogenated alkanes) is 22. The Bertz CT molecular complexity index is 347. The molecule has 0 atom stereocenters. The van der Waals surface area contributed by atoms with Crippen LogP contribution in [-0.2, 0) is 0 Å². The Morgan fingerprint density at radius 2 is 0.636 bits per heavy atom. The minimum Gasteiger partial charge on any atom is -0.375 e. The van der Waals surface area contributed by atoms with Gasteiger partial charge in [0.2, 0.25) is 0 Å². The van der Waals surface area contributed by atoms with Crippen LogP contribution in [0, 0.1) is 0 Å². The Kier molecular flexibility index (Phi) is 27.4. The van der Waals surface area contributed by atoms with E-state index in [0.717, 1.165) is 6.42 Å². The molecule has 1 nitrogen and oxygen atoms in total. The molecule has 0 aromatic carbocycles. The molecule has 0 amide bonds. The van der Waals surface area contributed by atoms with E-state index in [0.29, 0.717) is 0 Å². The van der Waals surface area contributed by atoms with Gasteiger partial charge in [0, 0.05) is 18.8 Å². The van der Waals surface area contributed by atoms with Crippen LogP contribution >= 0.6 is 0 Å². The monoisotopic (exact) mass is 464 g/mol. The highest BCUT2D eigenvalue weighted by molar-refractivity contribution is 4.92. The highest BCUT2D eigenvalue weighted by Gasteiger charge is 2.06. The summed E-state index contributed by atoms with van der Waals surface area (Å²) < 4.78 is 0. The van der Waals surface area contributed by atoms with Crippen molar-refractivity contribution in [3.05, 3.63) is 12.3 Å². The Balaban J connectivity index is 3.54. The van der Waals surface area contributed by atoms with Gasteiger partial charge >= 0.3 is 0 Å². The predicted molar refractivity (Wildman–Crippen MR) is 153 cm³/mol. The van der Waals surface area contributed by atoms with Gasteiger partial charge in [-0.25, -0.2) is 0 Å². The van der Waals surface area contributed by atoms with Crippen molar-refractivity contribution in [3.8, 4) is 0 Å². The van der Waals surface area contributed by atoms with Crippen LogP contribution in [0.25, 0.3) is 0 Å². The third-order valence-electron chi connectivity index (χ3n) is 7.42. The van der Waals surface area contributed by atoms with Crippen molar-refractivity contribution in [2.75, 3.05) is 13.1 Å². The molecule has 0 aliphatic rings. The highest BCUT2D eigenvalue weighted by Crippen LogP contribution is 2.16. The van der Waals surface area contributed by atoms with E-state index >= 15 is 0 Å². The summed E-state index contributed by atoms with van der Waals surface area (Å²) >= 11 is 0. The summed E-state index contributed by atoms with van der Waals surface area (Å²) in [6, 6.07) is 0. The van der Waals surface area contributed by atoms with Crippen LogP contribution in [0.1, 0.15) is 181 Å². The molecule has 0 heterocycles. The van der Waals surface area contributed by atoms with Gasteiger partial charge in [0.25, 0.3) is 0 Å². The lowest BCUT2D eigenvalue weighted by atomic mass is 10.0. The smallest absolute Gasteiger partial charge is 0.0174 e. The van der Waals surface area contributed by atoms with Crippen molar-refractivity contribution < 1.29 is 0 Å². The largest absolute Gasteiger partial charge is 0.375 e. The van der Waals surface area contributed by atoms with E-state index in [2.05, 4.69) is 32.3 Å². The van der Waals surface area contributed by atoms with Gasteiger partial charge in [-0.05, 0) is 19.3 Å².